The SMILES string of the molecule is Cc1cc(C(N)c2ccccc2C(C)(C)C)sc1Br. The van der Waals surface area contributed by atoms with Crippen LogP contribution in [-0.2, 0) is 5.41 Å². The topological polar surface area (TPSA) is 26.0 Å². The van der Waals surface area contributed by atoms with E-state index in [0.29, 0.717) is 0 Å². The smallest absolute Gasteiger partial charge is 0.0731 e. The molecule has 1 aromatic carbocycles. The molecule has 2 N–H and O–H groups in total. The number of thiophene rings is 1. The van der Waals surface area contributed by atoms with E-state index < -0.39 is 0 Å². The van der Waals surface area contributed by atoms with Crippen LogP contribution in [-0.4, -0.2) is 0 Å². The number of benzene rings is 1. The van der Waals surface area contributed by atoms with Crippen LogP contribution in [0.15, 0.2) is 34.1 Å². The first-order valence-corrected chi connectivity index (χ1v) is 8.02. The van der Waals surface area contributed by atoms with Crippen molar-refractivity contribution in [2.75, 3.05) is 0 Å². The molecule has 0 fully saturated rings. The zero-order valence-electron chi connectivity index (χ0n) is 11.8. The van der Waals surface area contributed by atoms with Crippen molar-refractivity contribution < 1.29 is 0 Å². The van der Waals surface area contributed by atoms with Gasteiger partial charge in [0.15, 0.2) is 0 Å². The first kappa shape index (κ1) is 14.8. The average Bonchev–Trinajstić information content (AvgIpc) is 2.68. The molecule has 0 aliphatic heterocycles. The van der Waals surface area contributed by atoms with Gasteiger partial charge in [-0.1, -0.05) is 45.0 Å². The van der Waals surface area contributed by atoms with Gasteiger partial charge in [-0.2, -0.15) is 0 Å². The highest BCUT2D eigenvalue weighted by molar-refractivity contribution is 9.11. The first-order valence-electron chi connectivity index (χ1n) is 6.41. The Hall–Kier alpha value is -0.640. The summed E-state index contributed by atoms with van der Waals surface area (Å²) in [4.78, 5) is 1.21. The molecular weight excluding hydrogens is 318 g/mol. The maximum atomic E-state index is 6.49. The third-order valence-electron chi connectivity index (χ3n) is 3.29. The largest absolute Gasteiger partial charge is 0.320 e. The molecule has 1 atom stereocenters. The number of rotatable bonds is 2. The molecule has 0 spiro atoms. The van der Waals surface area contributed by atoms with Crippen LogP contribution >= 0.6 is 27.3 Å². The van der Waals surface area contributed by atoms with Crippen LogP contribution in [0.4, 0.5) is 0 Å². The molecule has 0 aliphatic carbocycles. The van der Waals surface area contributed by atoms with Crippen LogP contribution in [0.2, 0.25) is 0 Å². The summed E-state index contributed by atoms with van der Waals surface area (Å²) in [6.07, 6.45) is 0. The molecule has 0 radical (unpaired) electrons. The Bertz CT molecular complexity index is 561. The lowest BCUT2D eigenvalue weighted by Gasteiger charge is -2.25. The van der Waals surface area contributed by atoms with Crippen LogP contribution in [0.5, 0.6) is 0 Å². The van der Waals surface area contributed by atoms with Gasteiger partial charge < -0.3 is 5.73 Å². The second-order valence-electron chi connectivity index (χ2n) is 5.92. The molecule has 102 valence electrons. The number of halogens is 1. The summed E-state index contributed by atoms with van der Waals surface area (Å²) in [5.74, 6) is 0. The molecule has 1 aromatic heterocycles. The van der Waals surface area contributed by atoms with Crippen LogP contribution in [0, 0.1) is 6.92 Å². The summed E-state index contributed by atoms with van der Waals surface area (Å²) >= 11 is 5.31. The lowest BCUT2D eigenvalue weighted by molar-refractivity contribution is 0.578. The predicted octanol–water partition coefficient (Wildman–Crippen LogP) is 5.16. The van der Waals surface area contributed by atoms with Gasteiger partial charge in [0.2, 0.25) is 0 Å². The molecule has 19 heavy (non-hydrogen) atoms. The van der Waals surface area contributed by atoms with Crippen LogP contribution in [0.3, 0.4) is 0 Å². The summed E-state index contributed by atoms with van der Waals surface area (Å²) in [6, 6.07) is 10.6. The van der Waals surface area contributed by atoms with Gasteiger partial charge in [-0.05, 0) is 51.0 Å². The molecule has 0 saturated heterocycles. The lowest BCUT2D eigenvalue weighted by atomic mass is 9.81. The zero-order chi connectivity index (χ0) is 14.2. The van der Waals surface area contributed by atoms with Gasteiger partial charge in [-0.15, -0.1) is 11.3 Å². The van der Waals surface area contributed by atoms with Crippen LogP contribution < -0.4 is 5.73 Å². The Morgan fingerprint density at radius 1 is 1.21 bits per heavy atom. The average molecular weight is 338 g/mol. The fourth-order valence-electron chi connectivity index (χ4n) is 2.24. The van der Waals surface area contributed by atoms with Crippen molar-refractivity contribution in [2.24, 2.45) is 5.73 Å². The van der Waals surface area contributed by atoms with Crippen LogP contribution in [0.1, 0.15) is 48.4 Å². The quantitative estimate of drug-likeness (QED) is 0.804. The highest BCUT2D eigenvalue weighted by atomic mass is 79.9. The lowest BCUT2D eigenvalue weighted by Crippen LogP contribution is -2.20. The minimum Gasteiger partial charge on any atom is -0.320 e. The van der Waals surface area contributed by atoms with Gasteiger partial charge in [0.25, 0.3) is 0 Å². The minimum absolute atomic E-state index is 0.0505. The molecule has 0 bridgehead atoms. The van der Waals surface area contributed by atoms with E-state index in [4.69, 9.17) is 5.73 Å². The fourth-order valence-corrected chi connectivity index (χ4v) is 3.83. The van der Waals surface area contributed by atoms with E-state index in [1.54, 1.807) is 11.3 Å². The van der Waals surface area contributed by atoms with Gasteiger partial charge >= 0.3 is 0 Å². The van der Waals surface area contributed by atoms with Crippen molar-refractivity contribution in [3.63, 3.8) is 0 Å². The summed E-state index contributed by atoms with van der Waals surface area (Å²) < 4.78 is 1.17. The van der Waals surface area contributed by atoms with Crippen molar-refractivity contribution in [1.82, 2.24) is 0 Å². The maximum absolute atomic E-state index is 6.49. The Balaban J connectivity index is 2.47. The summed E-state index contributed by atoms with van der Waals surface area (Å²) in [5, 5.41) is 0. The highest BCUT2D eigenvalue weighted by Crippen LogP contribution is 2.36. The monoisotopic (exact) mass is 337 g/mol. The molecule has 0 amide bonds. The van der Waals surface area contributed by atoms with Crippen LogP contribution in [0.25, 0.3) is 0 Å². The van der Waals surface area contributed by atoms with E-state index in [1.807, 2.05) is 0 Å². The van der Waals surface area contributed by atoms with Crippen molar-refractivity contribution in [3.05, 3.63) is 55.7 Å². The van der Waals surface area contributed by atoms with E-state index in [9.17, 15) is 0 Å². The van der Waals surface area contributed by atoms with Crippen molar-refractivity contribution in [1.29, 1.82) is 0 Å². The Kier molecular flexibility index (Phi) is 4.19. The Labute approximate surface area is 128 Å². The molecule has 2 rings (SSSR count). The van der Waals surface area contributed by atoms with Gasteiger partial charge in [-0.25, -0.2) is 0 Å². The summed E-state index contributed by atoms with van der Waals surface area (Å²) in [5.41, 5.74) is 10.4. The Morgan fingerprint density at radius 3 is 2.37 bits per heavy atom. The second-order valence-corrected chi connectivity index (χ2v) is 8.32. The van der Waals surface area contributed by atoms with Gasteiger partial charge in [0, 0.05) is 4.88 Å². The van der Waals surface area contributed by atoms with E-state index in [0.717, 1.165) is 0 Å². The molecule has 0 saturated carbocycles. The van der Waals surface area contributed by atoms with E-state index in [1.165, 1.54) is 25.4 Å². The molecular formula is C16H20BrNS. The number of hydrogen-bond donors (Lipinski definition) is 1. The normalized spacial score (nSPS) is 13.6. The van der Waals surface area contributed by atoms with Gasteiger partial charge in [0.1, 0.15) is 0 Å². The predicted molar refractivity (Wildman–Crippen MR) is 87.9 cm³/mol. The zero-order valence-corrected chi connectivity index (χ0v) is 14.2. The third kappa shape index (κ3) is 3.10. The molecule has 1 heterocycles. The standard InChI is InChI=1S/C16H20BrNS/c1-10-9-13(19-15(10)17)14(18)11-7-5-6-8-12(11)16(2,3)4/h5-9,14H,18H2,1-4H3. The molecule has 0 aliphatic rings. The van der Waals surface area contributed by atoms with Crippen molar-refractivity contribution in [3.8, 4) is 0 Å². The third-order valence-corrected chi connectivity index (χ3v) is 5.51. The van der Waals surface area contributed by atoms with Crippen molar-refractivity contribution in [2.45, 2.75) is 39.2 Å². The van der Waals surface area contributed by atoms with Crippen molar-refractivity contribution >= 4 is 27.3 Å². The molecule has 2 aromatic rings. The second kappa shape index (κ2) is 5.39. The molecule has 3 heteroatoms. The van der Waals surface area contributed by atoms with E-state index in [-0.39, 0.29) is 11.5 Å². The Morgan fingerprint density at radius 2 is 1.84 bits per heavy atom. The number of aryl methyl sites for hydroxylation is 1. The van der Waals surface area contributed by atoms with E-state index >= 15 is 0 Å². The maximum Gasteiger partial charge on any atom is 0.0731 e. The summed E-state index contributed by atoms with van der Waals surface area (Å²) in [6.45, 7) is 8.79. The summed E-state index contributed by atoms with van der Waals surface area (Å²) in [7, 11) is 0. The number of hydrogen-bond acceptors (Lipinski definition) is 2. The highest BCUT2D eigenvalue weighted by Gasteiger charge is 2.22. The van der Waals surface area contributed by atoms with Gasteiger partial charge in [-0.3, -0.25) is 0 Å². The first-order chi connectivity index (χ1) is 8.80. The van der Waals surface area contributed by atoms with Gasteiger partial charge in [0.05, 0.1) is 9.83 Å². The number of nitrogens with two attached hydrogens (primary N) is 1. The minimum atomic E-state index is -0.0505. The fraction of sp³-hybridized carbons (Fsp3) is 0.375. The molecule has 1 unspecified atom stereocenters. The molecule has 1 nitrogen and oxygen atoms in total. The van der Waals surface area contributed by atoms with E-state index in [2.05, 4.69) is 74.0 Å².